The summed E-state index contributed by atoms with van der Waals surface area (Å²) >= 11 is 0. The number of sulfone groups is 1. The highest BCUT2D eigenvalue weighted by molar-refractivity contribution is 7.93. The molecule has 20 heavy (non-hydrogen) atoms. The van der Waals surface area contributed by atoms with Crippen LogP contribution in [0, 0.1) is 6.92 Å². The second-order valence-electron chi connectivity index (χ2n) is 4.80. The fourth-order valence-electron chi connectivity index (χ4n) is 2.27. The topological polar surface area (TPSA) is 59.6 Å². The minimum atomic E-state index is -3.15. The van der Waals surface area contributed by atoms with Crippen LogP contribution >= 0.6 is 0 Å². The molecule has 0 spiro atoms. The fraction of sp³-hybridized carbons (Fsp3) is 0.133. The first-order chi connectivity index (χ1) is 9.46. The van der Waals surface area contributed by atoms with E-state index in [1.165, 1.54) is 11.7 Å². The number of hydrogen-bond acceptors (Lipinski definition) is 4. The van der Waals surface area contributed by atoms with Crippen LogP contribution in [0.3, 0.4) is 0 Å². The molecule has 0 saturated heterocycles. The molecule has 0 unspecified atom stereocenters. The molecule has 0 saturated carbocycles. The standard InChI is InChI=1S/C15H13NO3S/c1-10-11(4-6-20(2,17)18)7-12-3-5-16-8-13-9-19-15(10)14(12)13/h3-9H,1-2H3. The number of furan rings is 1. The minimum Gasteiger partial charge on any atom is -0.463 e. The van der Waals surface area contributed by atoms with Crippen LogP contribution < -0.4 is 0 Å². The predicted octanol–water partition coefficient (Wildman–Crippen LogP) is 3.16. The maximum absolute atomic E-state index is 11.3. The second-order valence-corrected chi connectivity index (χ2v) is 6.73. The van der Waals surface area contributed by atoms with Gasteiger partial charge in [-0.05, 0) is 41.8 Å². The summed E-state index contributed by atoms with van der Waals surface area (Å²) in [6.45, 7) is 1.92. The number of rotatable bonds is 2. The third-order valence-corrected chi connectivity index (χ3v) is 3.87. The van der Waals surface area contributed by atoms with Crippen molar-refractivity contribution < 1.29 is 12.8 Å². The van der Waals surface area contributed by atoms with Crippen molar-refractivity contribution in [1.82, 2.24) is 0 Å². The first kappa shape index (κ1) is 12.9. The van der Waals surface area contributed by atoms with Gasteiger partial charge in [-0.15, -0.1) is 0 Å². The predicted molar refractivity (Wildman–Crippen MR) is 81.5 cm³/mol. The van der Waals surface area contributed by atoms with Crippen LogP contribution in [0.15, 0.2) is 33.3 Å². The summed E-state index contributed by atoms with van der Waals surface area (Å²) in [6, 6.07) is 1.95. The van der Waals surface area contributed by atoms with Gasteiger partial charge in [-0.25, -0.2) is 8.42 Å². The molecule has 1 aromatic carbocycles. The number of benzene rings is 1. The Morgan fingerprint density at radius 1 is 1.30 bits per heavy atom. The molecule has 1 aliphatic heterocycles. The van der Waals surface area contributed by atoms with Gasteiger partial charge in [0.25, 0.3) is 0 Å². The quantitative estimate of drug-likeness (QED) is 0.852. The number of aliphatic imine (C=N–C) groups is 1. The Bertz CT molecular complexity index is 883. The van der Waals surface area contributed by atoms with Gasteiger partial charge in [0.1, 0.15) is 11.8 Å². The smallest absolute Gasteiger partial charge is 0.168 e. The molecule has 102 valence electrons. The first-order valence-corrected chi connectivity index (χ1v) is 8.04. The minimum absolute atomic E-state index is 0.767. The third kappa shape index (κ3) is 2.20. The van der Waals surface area contributed by atoms with Crippen LogP contribution in [0.1, 0.15) is 22.3 Å². The zero-order chi connectivity index (χ0) is 14.3. The molecular formula is C15H13NO3S. The van der Waals surface area contributed by atoms with Crippen molar-refractivity contribution in [1.29, 1.82) is 0 Å². The molecule has 2 aromatic rings. The summed E-state index contributed by atoms with van der Waals surface area (Å²) in [6.07, 6.45) is 9.80. The van der Waals surface area contributed by atoms with Crippen LogP contribution in [0.2, 0.25) is 0 Å². The van der Waals surface area contributed by atoms with Crippen molar-refractivity contribution in [2.45, 2.75) is 6.92 Å². The molecule has 1 aromatic heterocycles. The van der Waals surface area contributed by atoms with Crippen LogP contribution in [-0.2, 0) is 9.84 Å². The molecule has 0 radical (unpaired) electrons. The highest BCUT2D eigenvalue weighted by Crippen LogP contribution is 2.32. The summed E-state index contributed by atoms with van der Waals surface area (Å²) in [5, 5.41) is 2.21. The SMILES string of the molecule is Cc1c(C=CS(C)(=O)=O)cc2c3c(coc13)C=NC=C2. The lowest BCUT2D eigenvalue weighted by Crippen LogP contribution is -1.90. The van der Waals surface area contributed by atoms with Gasteiger partial charge in [-0.2, -0.15) is 0 Å². The van der Waals surface area contributed by atoms with E-state index in [-0.39, 0.29) is 0 Å². The molecule has 2 heterocycles. The maximum atomic E-state index is 11.3. The Balaban J connectivity index is 2.28. The molecule has 1 aliphatic rings. The van der Waals surface area contributed by atoms with Gasteiger partial charge in [0.2, 0.25) is 0 Å². The normalized spacial score (nSPS) is 14.3. The molecule has 0 atom stereocenters. The molecule has 4 nitrogen and oxygen atoms in total. The maximum Gasteiger partial charge on any atom is 0.168 e. The Kier molecular flexibility index (Phi) is 2.87. The lowest BCUT2D eigenvalue weighted by Gasteiger charge is -2.05. The zero-order valence-corrected chi connectivity index (χ0v) is 11.9. The van der Waals surface area contributed by atoms with Crippen molar-refractivity contribution in [2.75, 3.05) is 6.26 Å². The lowest BCUT2D eigenvalue weighted by atomic mass is 9.99. The van der Waals surface area contributed by atoms with Gasteiger partial charge in [-0.3, -0.25) is 4.99 Å². The Morgan fingerprint density at radius 2 is 2.10 bits per heavy atom. The molecule has 0 aliphatic carbocycles. The van der Waals surface area contributed by atoms with Crippen molar-refractivity contribution in [2.24, 2.45) is 4.99 Å². The largest absolute Gasteiger partial charge is 0.463 e. The molecule has 0 bridgehead atoms. The van der Waals surface area contributed by atoms with Crippen molar-refractivity contribution in [3.8, 4) is 0 Å². The first-order valence-electron chi connectivity index (χ1n) is 6.08. The van der Waals surface area contributed by atoms with E-state index in [1.807, 2.05) is 19.1 Å². The fourth-order valence-corrected chi connectivity index (χ4v) is 2.66. The zero-order valence-electron chi connectivity index (χ0n) is 11.1. The molecule has 0 amide bonds. The van der Waals surface area contributed by atoms with Gasteiger partial charge in [0.15, 0.2) is 9.84 Å². The molecule has 0 N–H and O–H groups in total. The number of aryl methyl sites for hydroxylation is 1. The highest BCUT2D eigenvalue weighted by atomic mass is 32.2. The molecule has 0 fully saturated rings. The molecular weight excluding hydrogens is 274 g/mol. The van der Waals surface area contributed by atoms with Crippen molar-refractivity contribution in [3.63, 3.8) is 0 Å². The summed E-state index contributed by atoms with van der Waals surface area (Å²) in [5.74, 6) is 0. The summed E-state index contributed by atoms with van der Waals surface area (Å²) in [5.41, 5.74) is 4.41. The summed E-state index contributed by atoms with van der Waals surface area (Å²) < 4.78 is 28.1. The van der Waals surface area contributed by atoms with Gasteiger partial charge in [0, 0.05) is 35.0 Å². The van der Waals surface area contributed by atoms with E-state index in [0.29, 0.717) is 0 Å². The van der Waals surface area contributed by atoms with Gasteiger partial charge >= 0.3 is 0 Å². The Labute approximate surface area is 117 Å². The van der Waals surface area contributed by atoms with Gasteiger partial charge in [0.05, 0.1) is 0 Å². The van der Waals surface area contributed by atoms with Crippen LogP contribution in [-0.4, -0.2) is 20.9 Å². The lowest BCUT2D eigenvalue weighted by molar-refractivity contribution is 0.610. The van der Waals surface area contributed by atoms with Gasteiger partial charge in [-0.1, -0.05) is 0 Å². The number of nitrogens with zero attached hydrogens (tertiary/aromatic N) is 1. The molecule has 3 rings (SSSR count). The van der Waals surface area contributed by atoms with E-state index < -0.39 is 9.84 Å². The van der Waals surface area contributed by atoms with E-state index in [2.05, 4.69) is 4.99 Å². The monoisotopic (exact) mass is 287 g/mol. The van der Waals surface area contributed by atoms with Crippen LogP contribution in [0.25, 0.3) is 23.1 Å². The Hall–Kier alpha value is -2.14. The van der Waals surface area contributed by atoms with E-state index in [9.17, 15) is 8.42 Å². The van der Waals surface area contributed by atoms with E-state index in [1.54, 1.807) is 24.8 Å². The van der Waals surface area contributed by atoms with Crippen molar-refractivity contribution >= 4 is 39.2 Å². The molecule has 5 heteroatoms. The van der Waals surface area contributed by atoms with Crippen LogP contribution in [0.5, 0.6) is 0 Å². The van der Waals surface area contributed by atoms with E-state index in [0.717, 1.165) is 33.2 Å². The summed E-state index contributed by atoms with van der Waals surface area (Å²) in [7, 11) is -3.15. The Morgan fingerprint density at radius 3 is 2.85 bits per heavy atom. The number of hydrogen-bond donors (Lipinski definition) is 0. The summed E-state index contributed by atoms with van der Waals surface area (Å²) in [4.78, 5) is 4.15. The average molecular weight is 287 g/mol. The van der Waals surface area contributed by atoms with Crippen LogP contribution in [0.4, 0.5) is 0 Å². The third-order valence-electron chi connectivity index (χ3n) is 3.24. The second kappa shape index (κ2) is 4.45. The van der Waals surface area contributed by atoms with E-state index >= 15 is 0 Å². The average Bonchev–Trinajstić information content (AvgIpc) is 2.69. The van der Waals surface area contributed by atoms with E-state index in [4.69, 9.17) is 4.42 Å². The van der Waals surface area contributed by atoms with Crippen molar-refractivity contribution in [3.05, 3.63) is 46.2 Å². The van der Waals surface area contributed by atoms with Gasteiger partial charge < -0.3 is 4.42 Å². The highest BCUT2D eigenvalue weighted by Gasteiger charge is 2.14.